The monoisotopic (exact) mass is 346 g/mol. The lowest BCUT2D eigenvalue weighted by Crippen LogP contribution is -2.40. The number of halogens is 1. The molecule has 0 spiro atoms. The molecule has 24 heavy (non-hydrogen) atoms. The smallest absolute Gasteiger partial charge is 0.241 e. The second-order valence-electron chi connectivity index (χ2n) is 5.62. The average molecular weight is 347 g/mol. The number of hydrogen-bond donors (Lipinski definition) is 2. The number of methoxy groups -OCH3 is 1. The first kappa shape index (κ1) is 18.3. The molecule has 2 rings (SSSR count). The van der Waals surface area contributed by atoms with Crippen LogP contribution in [0.4, 0.5) is 5.69 Å². The van der Waals surface area contributed by atoms with E-state index in [4.69, 9.17) is 16.3 Å². The summed E-state index contributed by atoms with van der Waals surface area (Å²) in [7, 11) is 1.65. The van der Waals surface area contributed by atoms with E-state index in [2.05, 4.69) is 17.6 Å². The van der Waals surface area contributed by atoms with Crippen LogP contribution in [-0.2, 0) is 4.79 Å². The Balaban J connectivity index is 1.98. The lowest BCUT2D eigenvalue weighted by atomic mass is 10.0. The van der Waals surface area contributed by atoms with Crippen molar-refractivity contribution in [3.05, 3.63) is 59.1 Å². The maximum absolute atomic E-state index is 12.4. The van der Waals surface area contributed by atoms with Crippen LogP contribution in [0.5, 0.6) is 5.75 Å². The summed E-state index contributed by atoms with van der Waals surface area (Å²) in [5, 5.41) is 6.90. The zero-order chi connectivity index (χ0) is 17.5. The van der Waals surface area contributed by atoms with Crippen molar-refractivity contribution in [3.63, 3.8) is 0 Å². The number of nitrogens with one attached hydrogen (secondary N) is 2. The predicted octanol–water partition coefficient (Wildman–Crippen LogP) is 4.42. The summed E-state index contributed by atoms with van der Waals surface area (Å²) >= 11 is 5.85. The molecule has 0 fully saturated rings. The molecule has 0 saturated carbocycles. The molecule has 0 unspecified atom stereocenters. The van der Waals surface area contributed by atoms with E-state index in [9.17, 15) is 4.79 Å². The number of ether oxygens (including phenoxy) is 1. The van der Waals surface area contributed by atoms with Crippen molar-refractivity contribution in [2.24, 2.45) is 0 Å². The largest absolute Gasteiger partial charge is 0.497 e. The lowest BCUT2D eigenvalue weighted by molar-refractivity contribution is -0.118. The lowest BCUT2D eigenvalue weighted by Gasteiger charge is -2.22. The Morgan fingerprint density at radius 1 is 1.12 bits per heavy atom. The van der Waals surface area contributed by atoms with Gasteiger partial charge in [0.2, 0.25) is 5.91 Å². The highest BCUT2D eigenvalue weighted by atomic mass is 35.5. The number of hydrogen-bond acceptors (Lipinski definition) is 3. The van der Waals surface area contributed by atoms with E-state index in [1.165, 1.54) is 0 Å². The number of carbonyl (C=O) groups is 1. The van der Waals surface area contributed by atoms with Crippen LogP contribution in [0.15, 0.2) is 48.5 Å². The van der Waals surface area contributed by atoms with E-state index in [-0.39, 0.29) is 18.0 Å². The van der Waals surface area contributed by atoms with Gasteiger partial charge in [0.25, 0.3) is 0 Å². The fraction of sp³-hybridized carbons (Fsp3) is 0.316. The van der Waals surface area contributed by atoms with Crippen LogP contribution in [-0.4, -0.2) is 19.1 Å². The summed E-state index contributed by atoms with van der Waals surface area (Å²) in [5.41, 5.74) is 1.86. The molecule has 2 aromatic rings. The zero-order valence-electron chi connectivity index (χ0n) is 14.2. The molecule has 0 bridgehead atoms. The van der Waals surface area contributed by atoms with Gasteiger partial charge in [-0.05, 0) is 55.3 Å². The summed E-state index contributed by atoms with van der Waals surface area (Å²) in [6.07, 6.45) is 0.880. The Morgan fingerprint density at radius 3 is 2.29 bits per heavy atom. The topological polar surface area (TPSA) is 50.4 Å². The third-order valence-electron chi connectivity index (χ3n) is 3.88. The molecule has 0 aliphatic rings. The van der Waals surface area contributed by atoms with Crippen LogP contribution >= 0.6 is 11.6 Å². The molecule has 0 saturated heterocycles. The molecule has 0 aromatic heterocycles. The Bertz CT molecular complexity index is 656. The number of amides is 1. The maximum atomic E-state index is 12.4. The fourth-order valence-corrected chi connectivity index (χ4v) is 2.57. The minimum atomic E-state index is -0.326. The van der Waals surface area contributed by atoms with Crippen LogP contribution in [0.2, 0.25) is 5.02 Å². The Labute approximate surface area is 148 Å². The van der Waals surface area contributed by atoms with E-state index >= 15 is 0 Å². The summed E-state index contributed by atoms with van der Waals surface area (Å²) in [5.74, 6) is 0.742. The number of carbonyl (C=O) groups excluding carboxylic acids is 1. The summed E-state index contributed by atoms with van der Waals surface area (Å²) in [6.45, 7) is 3.95. The van der Waals surface area contributed by atoms with Crippen molar-refractivity contribution in [1.82, 2.24) is 5.32 Å². The van der Waals surface area contributed by atoms with Crippen molar-refractivity contribution in [1.29, 1.82) is 0 Å². The van der Waals surface area contributed by atoms with Crippen molar-refractivity contribution in [2.45, 2.75) is 32.4 Å². The van der Waals surface area contributed by atoms with Gasteiger partial charge in [0.1, 0.15) is 5.75 Å². The highest BCUT2D eigenvalue weighted by Crippen LogP contribution is 2.21. The molecule has 2 N–H and O–H groups in total. The normalized spacial score (nSPS) is 13.2. The van der Waals surface area contributed by atoms with Crippen molar-refractivity contribution < 1.29 is 9.53 Å². The Kier molecular flexibility index (Phi) is 6.64. The highest BCUT2D eigenvalue weighted by molar-refractivity contribution is 6.30. The van der Waals surface area contributed by atoms with Gasteiger partial charge in [-0.2, -0.15) is 0 Å². The molecule has 2 aromatic carbocycles. The molecular formula is C19H23ClN2O2. The van der Waals surface area contributed by atoms with E-state index in [1.54, 1.807) is 31.4 Å². The van der Waals surface area contributed by atoms with Gasteiger partial charge >= 0.3 is 0 Å². The van der Waals surface area contributed by atoms with Crippen LogP contribution in [0.1, 0.15) is 31.9 Å². The molecule has 128 valence electrons. The van der Waals surface area contributed by atoms with Crippen LogP contribution in [0.3, 0.4) is 0 Å². The van der Waals surface area contributed by atoms with Gasteiger partial charge < -0.3 is 10.1 Å². The third kappa shape index (κ3) is 4.98. The molecule has 1 amide bonds. The maximum Gasteiger partial charge on any atom is 0.241 e. The molecule has 2 atom stereocenters. The molecule has 0 aliphatic carbocycles. The molecule has 4 nitrogen and oxygen atoms in total. The summed E-state index contributed by atoms with van der Waals surface area (Å²) < 4.78 is 5.18. The molecule has 0 heterocycles. The van der Waals surface area contributed by atoms with Crippen molar-refractivity contribution >= 4 is 23.2 Å². The third-order valence-corrected chi connectivity index (χ3v) is 4.13. The quantitative estimate of drug-likeness (QED) is 0.780. The Hall–Kier alpha value is -2.04. The van der Waals surface area contributed by atoms with Gasteiger partial charge in [0.15, 0.2) is 0 Å². The number of benzene rings is 2. The van der Waals surface area contributed by atoms with Gasteiger partial charge in [-0.3, -0.25) is 10.1 Å². The average Bonchev–Trinajstić information content (AvgIpc) is 2.61. The fourth-order valence-electron chi connectivity index (χ4n) is 2.45. The van der Waals surface area contributed by atoms with Crippen LogP contribution < -0.4 is 15.4 Å². The zero-order valence-corrected chi connectivity index (χ0v) is 14.9. The molecule has 0 radical (unpaired) electrons. The molecule has 5 heteroatoms. The number of rotatable bonds is 7. The molecular weight excluding hydrogens is 324 g/mol. The van der Waals surface area contributed by atoms with Crippen LogP contribution in [0.25, 0.3) is 0 Å². The van der Waals surface area contributed by atoms with E-state index in [0.717, 1.165) is 23.4 Å². The van der Waals surface area contributed by atoms with Crippen molar-refractivity contribution in [2.75, 3.05) is 12.4 Å². The first-order valence-corrected chi connectivity index (χ1v) is 8.37. The molecule has 0 aliphatic heterocycles. The summed E-state index contributed by atoms with van der Waals surface area (Å²) in [6, 6.07) is 14.7. The minimum Gasteiger partial charge on any atom is -0.497 e. The second-order valence-corrected chi connectivity index (χ2v) is 6.05. The van der Waals surface area contributed by atoms with E-state index < -0.39 is 0 Å². The predicted molar refractivity (Wildman–Crippen MR) is 98.7 cm³/mol. The number of anilines is 1. The van der Waals surface area contributed by atoms with Gasteiger partial charge in [-0.15, -0.1) is 0 Å². The highest BCUT2D eigenvalue weighted by Gasteiger charge is 2.18. The second kappa shape index (κ2) is 8.71. The SMILES string of the molecule is CC[C@@H](N[C@@H](C)C(=O)Nc1ccc(Cl)cc1)c1ccc(OC)cc1. The van der Waals surface area contributed by atoms with E-state index in [0.29, 0.717) is 5.02 Å². The van der Waals surface area contributed by atoms with Gasteiger partial charge in [0, 0.05) is 16.8 Å². The first-order chi connectivity index (χ1) is 11.5. The van der Waals surface area contributed by atoms with Gasteiger partial charge in [-0.1, -0.05) is 30.7 Å². The summed E-state index contributed by atoms with van der Waals surface area (Å²) in [4.78, 5) is 12.4. The van der Waals surface area contributed by atoms with Gasteiger partial charge in [-0.25, -0.2) is 0 Å². The minimum absolute atomic E-state index is 0.0794. The Morgan fingerprint density at radius 2 is 1.75 bits per heavy atom. The first-order valence-electron chi connectivity index (χ1n) is 8.00. The standard InChI is InChI=1S/C19H23ClN2O2/c1-4-18(14-5-11-17(24-3)12-6-14)21-13(2)19(23)22-16-9-7-15(20)8-10-16/h5-13,18,21H,4H2,1-3H3,(H,22,23)/t13-,18+/m0/s1. The van der Waals surface area contributed by atoms with E-state index in [1.807, 2.05) is 31.2 Å². The van der Waals surface area contributed by atoms with Crippen molar-refractivity contribution in [3.8, 4) is 5.75 Å². The van der Waals surface area contributed by atoms with Gasteiger partial charge in [0.05, 0.1) is 13.2 Å². The van der Waals surface area contributed by atoms with Crippen LogP contribution in [0, 0.1) is 0 Å².